The summed E-state index contributed by atoms with van der Waals surface area (Å²) in [5, 5.41) is 2.62. The number of carbonyl (C=O) groups excluding carboxylic acids is 1. The third-order valence-corrected chi connectivity index (χ3v) is 1.74. The lowest BCUT2D eigenvalue weighted by atomic mass is 10.3. The molecule has 2 N–H and O–H groups in total. The number of unbranched alkanes of at least 4 members (excludes halogenated alkanes) is 1. The topological polar surface area (TPSA) is 74.8 Å². The lowest BCUT2D eigenvalue weighted by molar-refractivity contribution is 0.0946. The van der Waals surface area contributed by atoms with Crippen molar-refractivity contribution in [2.45, 2.75) is 19.8 Å². The predicted octanol–water partition coefficient (Wildman–Crippen LogP) is 0.300. The van der Waals surface area contributed by atoms with Crippen LogP contribution in [0.25, 0.3) is 0 Å². The Hall–Kier alpha value is -1.65. The Bertz CT molecular complexity index is 359. The fraction of sp³-hybridized carbons (Fsp3) is 0.444. The van der Waals surface area contributed by atoms with Gasteiger partial charge < -0.3 is 10.3 Å². The monoisotopic (exact) mass is 195 g/mol. The van der Waals surface area contributed by atoms with E-state index in [4.69, 9.17) is 0 Å². The minimum atomic E-state index is -0.457. The van der Waals surface area contributed by atoms with Crippen LogP contribution in [0.4, 0.5) is 0 Å². The number of amides is 1. The molecule has 5 nitrogen and oxygen atoms in total. The van der Waals surface area contributed by atoms with E-state index in [1.165, 1.54) is 12.4 Å². The van der Waals surface area contributed by atoms with Gasteiger partial charge in [-0.15, -0.1) is 0 Å². The molecule has 1 rings (SSSR count). The average molecular weight is 195 g/mol. The minimum Gasteiger partial charge on any atom is -0.351 e. The lowest BCUT2D eigenvalue weighted by Crippen LogP contribution is -2.31. The molecule has 1 aromatic rings. The summed E-state index contributed by atoms with van der Waals surface area (Å²) in [4.78, 5) is 28.6. The van der Waals surface area contributed by atoms with Gasteiger partial charge in [0.25, 0.3) is 11.5 Å². The zero-order chi connectivity index (χ0) is 10.4. The van der Waals surface area contributed by atoms with Crippen LogP contribution in [0.15, 0.2) is 17.2 Å². The molecule has 14 heavy (non-hydrogen) atoms. The molecule has 0 atom stereocenters. The Morgan fingerprint density at radius 1 is 1.64 bits per heavy atom. The predicted molar refractivity (Wildman–Crippen MR) is 52.1 cm³/mol. The molecule has 0 unspecified atom stereocenters. The highest BCUT2D eigenvalue weighted by molar-refractivity contribution is 5.91. The third-order valence-electron chi connectivity index (χ3n) is 1.74. The molecule has 0 aliphatic heterocycles. The van der Waals surface area contributed by atoms with E-state index in [-0.39, 0.29) is 5.69 Å². The smallest absolute Gasteiger partial charge is 0.279 e. The largest absolute Gasteiger partial charge is 0.351 e. The zero-order valence-electron chi connectivity index (χ0n) is 8.04. The number of H-pyrrole nitrogens is 1. The molecule has 1 aromatic heterocycles. The molecule has 0 aliphatic rings. The van der Waals surface area contributed by atoms with Crippen molar-refractivity contribution in [3.05, 3.63) is 28.4 Å². The van der Waals surface area contributed by atoms with Crippen LogP contribution in [0.5, 0.6) is 0 Å². The van der Waals surface area contributed by atoms with E-state index >= 15 is 0 Å². The van der Waals surface area contributed by atoms with Gasteiger partial charge in [0, 0.05) is 18.9 Å². The Morgan fingerprint density at radius 2 is 2.43 bits per heavy atom. The van der Waals surface area contributed by atoms with E-state index in [0.29, 0.717) is 6.54 Å². The summed E-state index contributed by atoms with van der Waals surface area (Å²) < 4.78 is 0. The number of aromatic nitrogens is 2. The van der Waals surface area contributed by atoms with Gasteiger partial charge in [-0.3, -0.25) is 9.59 Å². The minimum absolute atomic E-state index is 0.0800. The van der Waals surface area contributed by atoms with E-state index in [2.05, 4.69) is 15.3 Å². The molecule has 0 aromatic carbocycles. The molecule has 0 bridgehead atoms. The lowest BCUT2D eigenvalue weighted by Gasteiger charge is -2.01. The maximum atomic E-state index is 11.3. The summed E-state index contributed by atoms with van der Waals surface area (Å²) in [6.07, 6.45) is 4.68. The molecule has 0 fully saturated rings. The maximum Gasteiger partial charge on any atom is 0.279 e. The molecule has 0 spiro atoms. The van der Waals surface area contributed by atoms with E-state index in [1.54, 1.807) is 0 Å². The van der Waals surface area contributed by atoms with Crippen molar-refractivity contribution in [3.8, 4) is 0 Å². The Kier molecular flexibility index (Phi) is 3.84. The first-order chi connectivity index (χ1) is 6.75. The molecule has 1 amide bonds. The van der Waals surface area contributed by atoms with Crippen molar-refractivity contribution in [1.82, 2.24) is 15.3 Å². The number of hydrogen-bond acceptors (Lipinski definition) is 3. The fourth-order valence-electron chi connectivity index (χ4n) is 0.976. The van der Waals surface area contributed by atoms with Gasteiger partial charge in [0.05, 0.1) is 0 Å². The fourth-order valence-corrected chi connectivity index (χ4v) is 0.976. The Labute approximate surface area is 81.6 Å². The highest BCUT2D eigenvalue weighted by Crippen LogP contribution is 1.86. The van der Waals surface area contributed by atoms with Crippen LogP contribution in [0.3, 0.4) is 0 Å². The van der Waals surface area contributed by atoms with Crippen LogP contribution >= 0.6 is 0 Å². The Morgan fingerprint density at radius 3 is 3.07 bits per heavy atom. The molecule has 0 radical (unpaired) electrons. The van der Waals surface area contributed by atoms with Crippen molar-refractivity contribution in [2.24, 2.45) is 0 Å². The normalized spacial score (nSPS) is 9.79. The Balaban J connectivity index is 2.61. The van der Waals surface area contributed by atoms with E-state index in [1.807, 2.05) is 6.92 Å². The molecule has 1 heterocycles. The average Bonchev–Trinajstić information content (AvgIpc) is 2.18. The molecular weight excluding hydrogens is 182 g/mol. The standard InChI is InChI=1S/C9H13N3O2/c1-2-3-4-11-8(13)7-9(14)12-6-5-10-7/h5-6H,2-4H2,1H3,(H,11,13)(H,12,14). The number of nitrogens with one attached hydrogen (secondary N) is 2. The molecule has 5 heteroatoms. The van der Waals surface area contributed by atoms with Crippen molar-refractivity contribution in [1.29, 1.82) is 0 Å². The van der Waals surface area contributed by atoms with Gasteiger partial charge in [-0.1, -0.05) is 13.3 Å². The van der Waals surface area contributed by atoms with Gasteiger partial charge in [0.2, 0.25) is 0 Å². The SMILES string of the molecule is CCCCNC(=O)c1ncc[nH]c1=O. The van der Waals surface area contributed by atoms with Gasteiger partial charge in [-0.25, -0.2) is 4.98 Å². The first kappa shape index (κ1) is 10.4. The molecule has 0 saturated heterocycles. The maximum absolute atomic E-state index is 11.3. The van der Waals surface area contributed by atoms with Crippen molar-refractivity contribution in [3.63, 3.8) is 0 Å². The second-order valence-electron chi connectivity index (χ2n) is 2.88. The summed E-state index contributed by atoms with van der Waals surface area (Å²) in [7, 11) is 0. The van der Waals surface area contributed by atoms with Gasteiger partial charge in [0.15, 0.2) is 5.69 Å². The summed E-state index contributed by atoms with van der Waals surface area (Å²) >= 11 is 0. The number of carbonyl (C=O) groups is 1. The van der Waals surface area contributed by atoms with Gasteiger partial charge in [-0.2, -0.15) is 0 Å². The zero-order valence-corrected chi connectivity index (χ0v) is 8.04. The van der Waals surface area contributed by atoms with E-state index in [9.17, 15) is 9.59 Å². The summed E-state index contributed by atoms with van der Waals surface area (Å²) in [5.41, 5.74) is -0.537. The highest BCUT2D eigenvalue weighted by atomic mass is 16.2. The van der Waals surface area contributed by atoms with Crippen LogP contribution in [-0.4, -0.2) is 22.4 Å². The second kappa shape index (κ2) is 5.16. The van der Waals surface area contributed by atoms with Crippen LogP contribution in [0.1, 0.15) is 30.3 Å². The quantitative estimate of drug-likeness (QED) is 0.678. The van der Waals surface area contributed by atoms with Gasteiger partial charge in [0.1, 0.15) is 0 Å². The van der Waals surface area contributed by atoms with Crippen LogP contribution in [-0.2, 0) is 0 Å². The number of hydrogen-bond donors (Lipinski definition) is 2. The molecule has 76 valence electrons. The van der Waals surface area contributed by atoms with Crippen molar-refractivity contribution >= 4 is 5.91 Å². The summed E-state index contributed by atoms with van der Waals surface area (Å²) in [5.74, 6) is -0.416. The first-order valence-corrected chi connectivity index (χ1v) is 4.57. The molecule has 0 aliphatic carbocycles. The van der Waals surface area contributed by atoms with Crippen LogP contribution in [0.2, 0.25) is 0 Å². The molecular formula is C9H13N3O2. The highest BCUT2D eigenvalue weighted by Gasteiger charge is 2.09. The van der Waals surface area contributed by atoms with Crippen LogP contribution in [0, 0.1) is 0 Å². The first-order valence-electron chi connectivity index (χ1n) is 4.57. The van der Waals surface area contributed by atoms with Crippen molar-refractivity contribution < 1.29 is 4.79 Å². The second-order valence-corrected chi connectivity index (χ2v) is 2.88. The van der Waals surface area contributed by atoms with Gasteiger partial charge in [-0.05, 0) is 6.42 Å². The van der Waals surface area contributed by atoms with Crippen molar-refractivity contribution in [2.75, 3.05) is 6.54 Å². The molecule has 0 saturated carbocycles. The van der Waals surface area contributed by atoms with Gasteiger partial charge >= 0.3 is 0 Å². The van der Waals surface area contributed by atoms with E-state index < -0.39 is 11.5 Å². The summed E-state index contributed by atoms with van der Waals surface area (Å²) in [6, 6.07) is 0. The number of aromatic amines is 1. The third kappa shape index (κ3) is 2.69. The number of nitrogens with zero attached hydrogens (tertiary/aromatic N) is 1. The number of rotatable bonds is 4. The van der Waals surface area contributed by atoms with Crippen LogP contribution < -0.4 is 10.9 Å². The summed E-state index contributed by atoms with van der Waals surface area (Å²) in [6.45, 7) is 2.60. The van der Waals surface area contributed by atoms with E-state index in [0.717, 1.165) is 12.8 Å².